The molecule has 2 aromatic heterocycles. The molecule has 0 N–H and O–H groups in total. The maximum absolute atomic E-state index is 12.7. The second-order valence-electron chi connectivity index (χ2n) is 6.50. The van der Waals surface area contributed by atoms with Crippen molar-refractivity contribution in [1.82, 2.24) is 29.3 Å². The number of aromatic nitrogens is 4. The predicted octanol–water partition coefficient (Wildman–Crippen LogP) is 1.42. The second kappa shape index (κ2) is 6.68. The number of amides is 1. The monoisotopic (exact) mass is 326 g/mol. The van der Waals surface area contributed by atoms with Crippen LogP contribution in [-0.4, -0.2) is 61.4 Å². The average Bonchev–Trinajstić information content (AvgIpc) is 3.36. The van der Waals surface area contributed by atoms with Crippen LogP contribution in [0.5, 0.6) is 0 Å². The van der Waals surface area contributed by atoms with Crippen molar-refractivity contribution < 1.29 is 4.79 Å². The van der Waals surface area contributed by atoms with Crippen LogP contribution in [0.2, 0.25) is 0 Å². The minimum Gasteiger partial charge on any atom is -0.333 e. The van der Waals surface area contributed by atoms with Gasteiger partial charge in [0.1, 0.15) is 6.33 Å². The summed E-state index contributed by atoms with van der Waals surface area (Å²) in [5, 5.41) is 0. The van der Waals surface area contributed by atoms with E-state index in [1.165, 1.54) is 12.8 Å². The molecule has 0 unspecified atom stereocenters. The third kappa shape index (κ3) is 3.03. The lowest BCUT2D eigenvalue weighted by molar-refractivity contribution is -0.133. The van der Waals surface area contributed by atoms with Gasteiger partial charge in [0.25, 0.3) is 0 Å². The Hall–Kier alpha value is -2.28. The third-order valence-corrected chi connectivity index (χ3v) is 4.88. The molecular formula is C17H22N6O. The summed E-state index contributed by atoms with van der Waals surface area (Å²) >= 11 is 0. The molecule has 0 aromatic carbocycles. The third-order valence-electron chi connectivity index (χ3n) is 4.88. The second-order valence-corrected chi connectivity index (χ2v) is 6.50. The molecular weight excluding hydrogens is 304 g/mol. The van der Waals surface area contributed by atoms with Crippen molar-refractivity contribution in [3.8, 4) is 5.82 Å². The molecule has 7 nitrogen and oxygen atoms in total. The largest absolute Gasteiger partial charge is 0.333 e. The van der Waals surface area contributed by atoms with Crippen LogP contribution >= 0.6 is 0 Å². The maximum atomic E-state index is 12.7. The van der Waals surface area contributed by atoms with E-state index < -0.39 is 0 Å². The van der Waals surface area contributed by atoms with Gasteiger partial charge >= 0.3 is 0 Å². The quantitative estimate of drug-likeness (QED) is 0.850. The number of carbonyl (C=O) groups is 1. The van der Waals surface area contributed by atoms with Crippen LogP contribution in [0.25, 0.3) is 5.82 Å². The first-order valence-corrected chi connectivity index (χ1v) is 8.63. The van der Waals surface area contributed by atoms with Crippen molar-refractivity contribution in [3.05, 3.63) is 36.8 Å². The number of likely N-dealkylation sites (tertiary alicyclic amines) is 2. The van der Waals surface area contributed by atoms with Crippen molar-refractivity contribution in [2.75, 3.05) is 26.2 Å². The van der Waals surface area contributed by atoms with Crippen LogP contribution in [0.15, 0.2) is 31.1 Å². The molecule has 0 bridgehead atoms. The summed E-state index contributed by atoms with van der Waals surface area (Å²) in [6.45, 7) is 3.43. The Morgan fingerprint density at radius 1 is 1.12 bits per heavy atom. The van der Waals surface area contributed by atoms with Crippen LogP contribution in [-0.2, 0) is 4.79 Å². The van der Waals surface area contributed by atoms with Gasteiger partial charge in [0.2, 0.25) is 5.91 Å². The van der Waals surface area contributed by atoms with Gasteiger partial charge in [-0.15, -0.1) is 0 Å². The highest BCUT2D eigenvalue weighted by Crippen LogP contribution is 2.31. The summed E-state index contributed by atoms with van der Waals surface area (Å²) in [5.74, 6) is 0.957. The van der Waals surface area contributed by atoms with Crippen molar-refractivity contribution in [1.29, 1.82) is 0 Å². The van der Waals surface area contributed by atoms with Gasteiger partial charge in [-0.25, -0.2) is 9.97 Å². The lowest BCUT2D eigenvalue weighted by atomic mass is 10.1. The van der Waals surface area contributed by atoms with E-state index in [1.54, 1.807) is 24.9 Å². The number of nitrogens with zero attached hydrogens (tertiary/aromatic N) is 6. The summed E-state index contributed by atoms with van der Waals surface area (Å²) < 4.78 is 1.84. The first-order valence-electron chi connectivity index (χ1n) is 8.63. The van der Waals surface area contributed by atoms with E-state index in [0.717, 1.165) is 44.0 Å². The number of hydrogen-bond acceptors (Lipinski definition) is 5. The molecule has 2 aromatic rings. The molecule has 2 aliphatic heterocycles. The zero-order valence-electron chi connectivity index (χ0n) is 13.7. The van der Waals surface area contributed by atoms with Crippen molar-refractivity contribution in [2.45, 2.75) is 31.7 Å². The fourth-order valence-electron chi connectivity index (χ4n) is 3.65. The van der Waals surface area contributed by atoms with Gasteiger partial charge in [0.15, 0.2) is 5.82 Å². The van der Waals surface area contributed by atoms with E-state index in [4.69, 9.17) is 4.98 Å². The van der Waals surface area contributed by atoms with Crippen molar-refractivity contribution in [2.24, 2.45) is 0 Å². The molecule has 4 rings (SSSR count). The van der Waals surface area contributed by atoms with E-state index >= 15 is 0 Å². The molecule has 126 valence electrons. The van der Waals surface area contributed by atoms with Crippen LogP contribution in [0.4, 0.5) is 0 Å². The van der Waals surface area contributed by atoms with Gasteiger partial charge in [0.05, 0.1) is 30.7 Å². The minimum absolute atomic E-state index is 0.0380. The molecule has 4 heterocycles. The highest BCUT2D eigenvalue weighted by Gasteiger charge is 2.32. The van der Waals surface area contributed by atoms with E-state index in [9.17, 15) is 4.79 Å². The fraction of sp³-hybridized carbons (Fsp3) is 0.529. The summed E-state index contributed by atoms with van der Waals surface area (Å²) in [5.41, 5.74) is 0.869. The van der Waals surface area contributed by atoms with E-state index in [1.807, 2.05) is 15.7 Å². The summed E-state index contributed by atoms with van der Waals surface area (Å²) in [4.78, 5) is 30.0. The van der Waals surface area contributed by atoms with Crippen molar-refractivity contribution >= 4 is 5.91 Å². The van der Waals surface area contributed by atoms with Gasteiger partial charge in [-0.2, -0.15) is 0 Å². The normalized spacial score (nSPS) is 21.5. The van der Waals surface area contributed by atoms with Gasteiger partial charge < -0.3 is 4.90 Å². The first kappa shape index (κ1) is 15.3. The topological polar surface area (TPSA) is 67.2 Å². The van der Waals surface area contributed by atoms with Crippen LogP contribution in [0.1, 0.15) is 37.4 Å². The summed E-state index contributed by atoms with van der Waals surface area (Å²) in [6, 6.07) is 0.0380. The van der Waals surface area contributed by atoms with E-state index in [-0.39, 0.29) is 11.9 Å². The van der Waals surface area contributed by atoms with Crippen LogP contribution in [0, 0.1) is 0 Å². The molecule has 0 saturated carbocycles. The Kier molecular flexibility index (Phi) is 4.25. The summed E-state index contributed by atoms with van der Waals surface area (Å²) in [6.07, 6.45) is 13.2. The Labute approximate surface area is 141 Å². The predicted molar refractivity (Wildman–Crippen MR) is 88.5 cm³/mol. The maximum Gasteiger partial charge on any atom is 0.237 e. The fourth-order valence-corrected chi connectivity index (χ4v) is 3.65. The molecule has 2 fully saturated rings. The van der Waals surface area contributed by atoms with Gasteiger partial charge in [-0.3, -0.25) is 19.2 Å². The Morgan fingerprint density at radius 2 is 2.00 bits per heavy atom. The standard InChI is InChI=1S/C17H22N6O/c24-17(12-21-6-1-2-7-21)23-8-3-4-15(23)14-10-19-11-16(20-14)22-9-5-18-13-22/h5,9-11,13,15H,1-4,6-8,12H2/t15-/m0/s1. The molecule has 0 spiro atoms. The Balaban J connectivity index is 1.52. The lowest BCUT2D eigenvalue weighted by Gasteiger charge is -2.26. The van der Waals surface area contributed by atoms with Gasteiger partial charge in [0, 0.05) is 18.9 Å². The number of rotatable bonds is 4. The van der Waals surface area contributed by atoms with Crippen LogP contribution in [0.3, 0.4) is 0 Å². The summed E-state index contributed by atoms with van der Waals surface area (Å²) in [7, 11) is 0. The highest BCUT2D eigenvalue weighted by molar-refractivity contribution is 5.79. The first-order chi connectivity index (χ1) is 11.8. The number of hydrogen-bond donors (Lipinski definition) is 0. The highest BCUT2D eigenvalue weighted by atomic mass is 16.2. The lowest BCUT2D eigenvalue weighted by Crippen LogP contribution is -2.39. The Bertz CT molecular complexity index is 695. The smallest absolute Gasteiger partial charge is 0.237 e. The average molecular weight is 326 g/mol. The molecule has 7 heteroatoms. The molecule has 1 amide bonds. The molecule has 1 atom stereocenters. The molecule has 0 aliphatic carbocycles. The number of imidazole rings is 1. The molecule has 24 heavy (non-hydrogen) atoms. The van der Waals surface area contributed by atoms with Gasteiger partial charge in [-0.05, 0) is 38.8 Å². The van der Waals surface area contributed by atoms with Gasteiger partial charge in [-0.1, -0.05) is 0 Å². The van der Waals surface area contributed by atoms with Crippen molar-refractivity contribution in [3.63, 3.8) is 0 Å². The zero-order valence-corrected chi connectivity index (χ0v) is 13.7. The number of carbonyl (C=O) groups excluding carboxylic acids is 1. The van der Waals surface area contributed by atoms with E-state index in [0.29, 0.717) is 6.54 Å². The minimum atomic E-state index is 0.0380. The molecule has 2 aliphatic rings. The van der Waals surface area contributed by atoms with E-state index in [2.05, 4.69) is 14.9 Å². The van der Waals surface area contributed by atoms with Crippen LogP contribution < -0.4 is 0 Å². The molecule has 2 saturated heterocycles. The SMILES string of the molecule is O=C(CN1CCCC1)N1CCC[C@H]1c1cncc(-n2ccnc2)n1. The molecule has 0 radical (unpaired) electrons. The Morgan fingerprint density at radius 3 is 2.79 bits per heavy atom. The zero-order chi connectivity index (χ0) is 16.4.